The van der Waals surface area contributed by atoms with Crippen LogP contribution in [0.4, 0.5) is 11.4 Å². The third-order valence-electron chi connectivity index (χ3n) is 4.11. The van der Waals surface area contributed by atoms with Gasteiger partial charge in [0.1, 0.15) is 0 Å². The molecule has 0 unspecified atom stereocenters. The van der Waals surface area contributed by atoms with Gasteiger partial charge in [-0.2, -0.15) is 0 Å². The van der Waals surface area contributed by atoms with Gasteiger partial charge in [0.15, 0.2) is 0 Å². The molecule has 1 aliphatic heterocycles. The lowest BCUT2D eigenvalue weighted by Crippen LogP contribution is -2.47. The summed E-state index contributed by atoms with van der Waals surface area (Å²) in [7, 11) is -2.61. The van der Waals surface area contributed by atoms with Gasteiger partial charge in [0, 0.05) is 13.1 Å². The fourth-order valence-electron chi connectivity index (χ4n) is 2.77. The summed E-state index contributed by atoms with van der Waals surface area (Å²) >= 11 is 0. The molecule has 142 valence electrons. The van der Waals surface area contributed by atoms with Crippen molar-refractivity contribution in [3.05, 3.63) is 54.1 Å². The van der Waals surface area contributed by atoms with Gasteiger partial charge >= 0.3 is 5.97 Å². The Kier molecular flexibility index (Phi) is 5.31. The standard InChI is InChI=1S/C18H19N3O5S/c1-26-18(23)13-6-8-14(9-7-13)27(24,25)20-15-4-2-3-5-16(15)21-11-10-19-17(22)12-21/h2-9,20H,10-12H2,1H3,(H,19,22). The third-order valence-corrected chi connectivity index (χ3v) is 5.49. The fraction of sp³-hybridized carbons (Fsp3) is 0.222. The molecule has 0 bridgehead atoms. The zero-order valence-electron chi connectivity index (χ0n) is 14.6. The summed E-state index contributed by atoms with van der Waals surface area (Å²) < 4.78 is 32.6. The molecule has 1 aliphatic rings. The van der Waals surface area contributed by atoms with Crippen LogP contribution in [0.5, 0.6) is 0 Å². The molecule has 2 N–H and O–H groups in total. The number of hydrogen-bond donors (Lipinski definition) is 2. The summed E-state index contributed by atoms with van der Waals surface area (Å²) in [6, 6.07) is 12.4. The van der Waals surface area contributed by atoms with Gasteiger partial charge in [0.25, 0.3) is 10.0 Å². The van der Waals surface area contributed by atoms with Crippen LogP contribution in [-0.4, -0.2) is 47.0 Å². The van der Waals surface area contributed by atoms with Gasteiger partial charge in [-0.3, -0.25) is 9.52 Å². The van der Waals surface area contributed by atoms with E-state index < -0.39 is 16.0 Å². The number of nitrogens with one attached hydrogen (secondary N) is 2. The predicted octanol–water partition coefficient (Wildman–Crippen LogP) is 1.21. The highest BCUT2D eigenvalue weighted by atomic mass is 32.2. The number of benzene rings is 2. The molecule has 8 nitrogen and oxygen atoms in total. The van der Waals surface area contributed by atoms with Gasteiger partial charge < -0.3 is 15.0 Å². The van der Waals surface area contributed by atoms with E-state index in [0.717, 1.165) is 0 Å². The Morgan fingerprint density at radius 2 is 1.85 bits per heavy atom. The van der Waals surface area contributed by atoms with E-state index in [2.05, 4.69) is 14.8 Å². The number of amides is 1. The molecule has 0 radical (unpaired) electrons. The normalized spacial score (nSPS) is 14.4. The number of esters is 1. The Morgan fingerprint density at radius 3 is 2.52 bits per heavy atom. The molecule has 9 heteroatoms. The minimum atomic E-state index is -3.87. The van der Waals surface area contributed by atoms with Crippen LogP contribution in [0.2, 0.25) is 0 Å². The number of ether oxygens (including phenoxy) is 1. The van der Waals surface area contributed by atoms with Crippen molar-refractivity contribution in [3.8, 4) is 0 Å². The van der Waals surface area contributed by atoms with Crippen molar-refractivity contribution in [1.29, 1.82) is 0 Å². The number of methoxy groups -OCH3 is 1. The minimum absolute atomic E-state index is 0.0151. The smallest absolute Gasteiger partial charge is 0.337 e. The largest absolute Gasteiger partial charge is 0.465 e. The summed E-state index contributed by atoms with van der Waals surface area (Å²) in [5.74, 6) is -0.655. The van der Waals surface area contributed by atoms with Crippen LogP contribution in [0, 0.1) is 0 Å². The molecule has 1 amide bonds. The molecule has 0 aliphatic carbocycles. The minimum Gasteiger partial charge on any atom is -0.465 e. The van der Waals surface area contributed by atoms with E-state index in [-0.39, 0.29) is 22.9 Å². The van der Waals surface area contributed by atoms with Gasteiger partial charge in [-0.15, -0.1) is 0 Å². The summed E-state index contributed by atoms with van der Waals surface area (Å²) in [5, 5.41) is 2.74. The maximum absolute atomic E-state index is 12.7. The van der Waals surface area contributed by atoms with Gasteiger partial charge in [0.05, 0.1) is 35.5 Å². The van der Waals surface area contributed by atoms with E-state index in [1.165, 1.54) is 31.4 Å². The van der Waals surface area contributed by atoms with E-state index >= 15 is 0 Å². The number of hydrogen-bond acceptors (Lipinski definition) is 6. The van der Waals surface area contributed by atoms with E-state index in [0.29, 0.717) is 24.5 Å². The Bertz CT molecular complexity index is 957. The number of sulfonamides is 1. The lowest BCUT2D eigenvalue weighted by atomic mass is 10.2. The van der Waals surface area contributed by atoms with Crippen molar-refractivity contribution >= 4 is 33.3 Å². The molecule has 0 aromatic heterocycles. The number of nitrogens with zero attached hydrogens (tertiary/aromatic N) is 1. The van der Waals surface area contributed by atoms with Gasteiger partial charge in [0.2, 0.25) is 5.91 Å². The number of piperazine rings is 1. The van der Waals surface area contributed by atoms with Gasteiger partial charge in [-0.25, -0.2) is 13.2 Å². The van der Waals surface area contributed by atoms with Crippen LogP contribution < -0.4 is 14.9 Å². The number of rotatable bonds is 5. The molecule has 27 heavy (non-hydrogen) atoms. The van der Waals surface area contributed by atoms with Crippen LogP contribution >= 0.6 is 0 Å². The van der Waals surface area contributed by atoms with Gasteiger partial charge in [-0.05, 0) is 36.4 Å². The Hall–Kier alpha value is -3.07. The van der Waals surface area contributed by atoms with Crippen LogP contribution in [0.25, 0.3) is 0 Å². The number of carbonyl (C=O) groups excluding carboxylic acids is 2. The molecule has 0 atom stereocenters. The maximum Gasteiger partial charge on any atom is 0.337 e. The SMILES string of the molecule is COC(=O)c1ccc(S(=O)(=O)Nc2ccccc2N2CCNC(=O)C2)cc1. The van der Waals surface area contributed by atoms with Crippen LogP contribution in [-0.2, 0) is 19.6 Å². The lowest BCUT2D eigenvalue weighted by Gasteiger charge is -2.30. The molecule has 3 rings (SSSR count). The molecule has 1 heterocycles. The molecular weight excluding hydrogens is 370 g/mol. The summed E-state index contributed by atoms with van der Waals surface area (Å²) in [6.45, 7) is 1.24. The van der Waals surface area contributed by atoms with Crippen molar-refractivity contribution in [1.82, 2.24) is 5.32 Å². The molecule has 2 aromatic rings. The number of carbonyl (C=O) groups is 2. The predicted molar refractivity (Wildman–Crippen MR) is 100 cm³/mol. The van der Waals surface area contributed by atoms with Crippen LogP contribution in [0.3, 0.4) is 0 Å². The summed E-state index contributed by atoms with van der Waals surface area (Å²) in [4.78, 5) is 25.0. The highest BCUT2D eigenvalue weighted by Gasteiger charge is 2.22. The first-order valence-electron chi connectivity index (χ1n) is 8.22. The van der Waals surface area contributed by atoms with E-state index in [1.54, 1.807) is 24.3 Å². The summed E-state index contributed by atoms with van der Waals surface area (Å²) in [5.41, 5.74) is 1.27. The fourth-order valence-corrected chi connectivity index (χ4v) is 3.85. The molecule has 0 saturated carbocycles. The second-order valence-corrected chi connectivity index (χ2v) is 7.59. The van der Waals surface area contributed by atoms with Crippen LogP contribution in [0.1, 0.15) is 10.4 Å². The Balaban J connectivity index is 1.86. The quantitative estimate of drug-likeness (QED) is 0.745. The molecular formula is C18H19N3O5S. The Labute approximate surface area is 157 Å². The van der Waals surface area contributed by atoms with Crippen molar-refractivity contribution in [3.63, 3.8) is 0 Å². The molecule has 1 saturated heterocycles. The first-order valence-corrected chi connectivity index (χ1v) is 9.71. The molecule has 2 aromatic carbocycles. The molecule has 1 fully saturated rings. The average molecular weight is 389 g/mol. The van der Waals surface area contributed by atoms with E-state index in [1.807, 2.05) is 4.90 Å². The highest BCUT2D eigenvalue weighted by Crippen LogP contribution is 2.28. The first-order chi connectivity index (χ1) is 12.9. The van der Waals surface area contributed by atoms with Crippen molar-refractivity contribution in [2.45, 2.75) is 4.90 Å². The first kappa shape index (κ1) is 18.7. The average Bonchev–Trinajstić information content (AvgIpc) is 2.67. The number of para-hydroxylation sites is 2. The topological polar surface area (TPSA) is 105 Å². The zero-order valence-corrected chi connectivity index (χ0v) is 15.5. The van der Waals surface area contributed by atoms with E-state index in [9.17, 15) is 18.0 Å². The zero-order chi connectivity index (χ0) is 19.4. The second kappa shape index (κ2) is 7.67. The van der Waals surface area contributed by atoms with Crippen molar-refractivity contribution in [2.75, 3.05) is 36.4 Å². The molecule has 0 spiro atoms. The highest BCUT2D eigenvalue weighted by molar-refractivity contribution is 7.92. The Morgan fingerprint density at radius 1 is 1.15 bits per heavy atom. The monoisotopic (exact) mass is 389 g/mol. The lowest BCUT2D eigenvalue weighted by molar-refractivity contribution is -0.120. The van der Waals surface area contributed by atoms with Crippen molar-refractivity contribution in [2.24, 2.45) is 0 Å². The third kappa shape index (κ3) is 4.20. The van der Waals surface area contributed by atoms with Crippen molar-refractivity contribution < 1.29 is 22.7 Å². The van der Waals surface area contributed by atoms with Crippen LogP contribution in [0.15, 0.2) is 53.4 Å². The second-order valence-electron chi connectivity index (χ2n) is 5.91. The maximum atomic E-state index is 12.7. The van der Waals surface area contributed by atoms with Gasteiger partial charge in [-0.1, -0.05) is 12.1 Å². The van der Waals surface area contributed by atoms with E-state index in [4.69, 9.17) is 0 Å². The summed E-state index contributed by atoms with van der Waals surface area (Å²) in [6.07, 6.45) is 0. The number of anilines is 2.